The van der Waals surface area contributed by atoms with Crippen LogP contribution in [0.5, 0.6) is 0 Å². The van der Waals surface area contributed by atoms with Crippen molar-refractivity contribution in [2.75, 3.05) is 51.3 Å². The van der Waals surface area contributed by atoms with Crippen molar-refractivity contribution in [3.8, 4) is 0 Å². The molecule has 0 aliphatic carbocycles. The molecule has 6 aliphatic heterocycles. The number of hydrogen-bond donors (Lipinski definition) is 0. The fourth-order valence-electron chi connectivity index (χ4n) is 12.1. The summed E-state index contributed by atoms with van der Waals surface area (Å²) in [5, 5.41) is 0. The van der Waals surface area contributed by atoms with E-state index in [1.54, 1.807) is 9.80 Å². The molecule has 71 heavy (non-hydrogen) atoms. The molecule has 0 aromatic heterocycles. The number of piperidine rings is 2. The Bertz CT molecular complexity index is 2790. The Balaban J connectivity index is 0.992. The zero-order valence-corrected chi connectivity index (χ0v) is 40.1. The summed E-state index contributed by atoms with van der Waals surface area (Å²) >= 11 is 0. The topological polar surface area (TPSA) is 177 Å². The van der Waals surface area contributed by atoms with E-state index in [9.17, 15) is 28.8 Å². The van der Waals surface area contributed by atoms with E-state index in [-0.39, 0.29) is 60.3 Å². The molecule has 16 heteroatoms. The Morgan fingerprint density at radius 3 is 1.25 bits per heavy atom. The smallest absolute Gasteiger partial charge is 0.357 e. The normalized spacial score (nSPS) is 22.9. The first kappa shape index (κ1) is 46.8. The number of amides is 2. The van der Waals surface area contributed by atoms with Crippen molar-refractivity contribution in [1.82, 2.24) is 9.80 Å². The van der Waals surface area contributed by atoms with E-state index >= 15 is 0 Å². The van der Waals surface area contributed by atoms with Crippen LogP contribution in [0.25, 0.3) is 0 Å². The highest BCUT2D eigenvalue weighted by Gasteiger charge is 2.65. The van der Waals surface area contributed by atoms with Crippen molar-refractivity contribution in [1.29, 1.82) is 0 Å². The number of carbonyl (C=O) groups excluding carboxylic acids is 6. The average Bonchev–Trinajstić information content (AvgIpc) is 3.85. The Kier molecular flexibility index (Phi) is 12.4. The Labute approximate surface area is 411 Å². The number of fused-ring (bicyclic) bond motifs is 2. The fourth-order valence-corrected chi connectivity index (χ4v) is 12.1. The van der Waals surface area contributed by atoms with E-state index in [1.165, 1.54) is 28.4 Å². The van der Waals surface area contributed by atoms with Gasteiger partial charge in [-0.05, 0) is 66.5 Å². The number of aliphatic imine (C=N–C) groups is 2. The summed E-state index contributed by atoms with van der Waals surface area (Å²) in [6.45, 7) is 1.30. The molecule has 2 amide bonds. The van der Waals surface area contributed by atoms with Crippen LogP contribution in [0.3, 0.4) is 0 Å². The molecule has 0 radical (unpaired) electrons. The number of amidine groups is 2. The second-order valence-corrected chi connectivity index (χ2v) is 18.5. The lowest BCUT2D eigenvalue weighted by atomic mass is 9.65. The minimum absolute atomic E-state index is 0.0675. The summed E-state index contributed by atoms with van der Waals surface area (Å²) in [5.74, 6) is -2.59. The maximum Gasteiger partial charge on any atom is 0.357 e. The molecular formula is C55H54N6O10. The minimum Gasteiger partial charge on any atom is -0.466 e. The quantitative estimate of drug-likeness (QED) is 0.0810. The Morgan fingerprint density at radius 1 is 0.507 bits per heavy atom. The molecule has 2 spiro atoms. The number of anilines is 2. The number of para-hydroxylation sites is 2. The SMILES string of the molecule is COC(=O)C1=C(C(=O)OC)C2N(CCCCCN3c4ccccc4[C@]45CCC(=O)N(Cc6ccccc6)C4=NC(C(=O)OC)=C(C(=O)OC)C35)c3ccccc3[C@@]23CCC(=O)N(Cc2ccccc2)C3=N1. The van der Waals surface area contributed by atoms with Crippen LogP contribution in [0.2, 0.25) is 0 Å². The lowest BCUT2D eigenvalue weighted by Gasteiger charge is -2.49. The van der Waals surface area contributed by atoms with E-state index in [2.05, 4.69) is 9.80 Å². The Hall–Kier alpha value is -7.88. The standard InChI is InChI=1S/C55H54N6O10/c1-68-48(64)42-44(50(66)70-3)56-52-54(28-26-40(62)60(52)32-34-18-8-5-9-19-34)36-22-12-14-24-38(36)58(46(42)54)30-16-7-17-31-59-39-25-15-13-23-37(39)55-29-27-41(63)61(33-35-20-10-6-11-21-35)53(55)57-45(51(67)71-4)43(47(55)59)49(65)69-2/h5-6,8-15,18-25,46-47H,7,16-17,26-33H2,1-4H3/t46?,47?,54-,55-/m0/s1. The van der Waals surface area contributed by atoms with Crippen LogP contribution in [-0.4, -0.2) is 111 Å². The summed E-state index contributed by atoms with van der Waals surface area (Å²) in [6, 6.07) is 33.4. The van der Waals surface area contributed by atoms with Crippen molar-refractivity contribution in [3.05, 3.63) is 154 Å². The van der Waals surface area contributed by atoms with Gasteiger partial charge in [-0.2, -0.15) is 0 Å². The maximum absolute atomic E-state index is 14.1. The molecule has 16 nitrogen and oxygen atoms in total. The first-order valence-corrected chi connectivity index (χ1v) is 23.9. The first-order chi connectivity index (χ1) is 34.5. The Morgan fingerprint density at radius 2 is 0.873 bits per heavy atom. The lowest BCUT2D eigenvalue weighted by Crippen LogP contribution is -2.63. The van der Waals surface area contributed by atoms with Crippen molar-refractivity contribution in [2.45, 2.75) is 80.9 Å². The van der Waals surface area contributed by atoms with E-state index in [0.29, 0.717) is 56.9 Å². The third-order valence-corrected chi connectivity index (χ3v) is 15.0. The second-order valence-electron chi connectivity index (χ2n) is 18.5. The van der Waals surface area contributed by atoms with Crippen molar-refractivity contribution in [2.24, 2.45) is 9.98 Å². The summed E-state index contributed by atoms with van der Waals surface area (Å²) < 4.78 is 21.4. The van der Waals surface area contributed by atoms with Gasteiger partial charge in [0.2, 0.25) is 11.8 Å². The number of benzene rings is 4. The van der Waals surface area contributed by atoms with E-state index < -0.39 is 46.8 Å². The summed E-state index contributed by atoms with van der Waals surface area (Å²) in [7, 11) is 5.02. The van der Waals surface area contributed by atoms with Gasteiger partial charge < -0.3 is 28.7 Å². The second kappa shape index (κ2) is 18.8. The third kappa shape index (κ3) is 7.41. The van der Waals surface area contributed by atoms with Crippen molar-refractivity contribution < 1.29 is 47.7 Å². The van der Waals surface area contributed by atoms with Crippen LogP contribution in [0.4, 0.5) is 11.4 Å². The largest absolute Gasteiger partial charge is 0.466 e. The van der Waals surface area contributed by atoms with Crippen LogP contribution in [-0.2, 0) is 71.6 Å². The number of hydrogen-bond acceptors (Lipinski definition) is 14. The van der Waals surface area contributed by atoms with Gasteiger partial charge in [-0.15, -0.1) is 0 Å². The molecule has 4 aromatic carbocycles. The van der Waals surface area contributed by atoms with E-state index in [1.807, 2.05) is 109 Å². The first-order valence-electron chi connectivity index (χ1n) is 23.9. The van der Waals surface area contributed by atoms with Crippen LogP contribution in [0.15, 0.2) is 142 Å². The van der Waals surface area contributed by atoms with Gasteiger partial charge in [-0.3, -0.25) is 19.4 Å². The molecule has 0 bridgehead atoms. The third-order valence-electron chi connectivity index (χ3n) is 15.0. The predicted molar refractivity (Wildman–Crippen MR) is 262 cm³/mol. The van der Waals surface area contributed by atoms with Gasteiger partial charge in [-0.25, -0.2) is 29.2 Å². The zero-order chi connectivity index (χ0) is 49.6. The van der Waals surface area contributed by atoms with Gasteiger partial charge in [-0.1, -0.05) is 97.1 Å². The molecule has 4 aromatic rings. The molecule has 6 aliphatic rings. The number of esters is 4. The number of ether oxygens (including phenoxy) is 4. The van der Waals surface area contributed by atoms with Crippen LogP contribution >= 0.6 is 0 Å². The highest BCUT2D eigenvalue weighted by atomic mass is 16.5. The molecule has 0 N–H and O–H groups in total. The molecule has 364 valence electrons. The van der Waals surface area contributed by atoms with Gasteiger partial charge in [0.1, 0.15) is 11.7 Å². The number of methoxy groups -OCH3 is 4. The molecule has 0 saturated carbocycles. The average molecular weight is 959 g/mol. The molecule has 4 atom stereocenters. The van der Waals surface area contributed by atoms with Crippen LogP contribution < -0.4 is 9.80 Å². The number of likely N-dealkylation sites (tertiary alicyclic amines) is 2. The lowest BCUT2D eigenvalue weighted by molar-refractivity contribution is -0.140. The minimum atomic E-state index is -1.00. The number of rotatable bonds is 14. The van der Waals surface area contributed by atoms with Gasteiger partial charge in [0.05, 0.1) is 75.6 Å². The number of carbonyl (C=O) groups is 6. The van der Waals surface area contributed by atoms with Gasteiger partial charge in [0, 0.05) is 37.3 Å². The zero-order valence-electron chi connectivity index (χ0n) is 40.1. The maximum atomic E-state index is 14.1. The van der Waals surface area contributed by atoms with E-state index in [4.69, 9.17) is 28.9 Å². The summed E-state index contributed by atoms with van der Waals surface area (Å²) in [5.41, 5.74) is 2.97. The van der Waals surface area contributed by atoms with Crippen LogP contribution in [0.1, 0.15) is 67.2 Å². The molecule has 2 saturated heterocycles. The van der Waals surface area contributed by atoms with Crippen molar-refractivity contribution >= 4 is 58.7 Å². The molecule has 6 heterocycles. The van der Waals surface area contributed by atoms with Gasteiger partial charge >= 0.3 is 23.9 Å². The van der Waals surface area contributed by atoms with E-state index in [0.717, 1.165) is 33.6 Å². The summed E-state index contributed by atoms with van der Waals surface area (Å²) in [4.78, 5) is 101. The molecular weight excluding hydrogens is 905 g/mol. The summed E-state index contributed by atoms with van der Waals surface area (Å²) in [6.07, 6.45) is 2.93. The highest BCUT2D eigenvalue weighted by molar-refractivity contribution is 6.17. The van der Waals surface area contributed by atoms with Gasteiger partial charge in [0.15, 0.2) is 11.4 Å². The number of nitrogens with zero attached hydrogens (tertiary/aromatic N) is 6. The molecule has 2 unspecified atom stereocenters. The monoisotopic (exact) mass is 958 g/mol. The predicted octanol–water partition coefficient (Wildman–Crippen LogP) is 6.08. The molecule has 10 rings (SSSR count). The van der Waals surface area contributed by atoms with Crippen molar-refractivity contribution in [3.63, 3.8) is 0 Å². The number of unbranched alkanes of at least 4 members (excludes halogenated alkanes) is 2. The fraction of sp³-hybridized carbons (Fsp3) is 0.345. The molecule has 2 fully saturated rings. The van der Waals surface area contributed by atoms with Gasteiger partial charge in [0.25, 0.3) is 0 Å². The highest BCUT2D eigenvalue weighted by Crippen LogP contribution is 2.58. The van der Waals surface area contributed by atoms with Crippen LogP contribution in [0, 0.1) is 0 Å².